The molecule has 0 radical (unpaired) electrons. The van der Waals surface area contributed by atoms with Crippen molar-refractivity contribution < 1.29 is 4.79 Å². The zero-order valence-corrected chi connectivity index (χ0v) is 9.77. The lowest BCUT2D eigenvalue weighted by molar-refractivity contribution is 0.0957. The van der Waals surface area contributed by atoms with Gasteiger partial charge in [0, 0.05) is 13.2 Å². The molecule has 2 heterocycles. The number of nitrogens with zero attached hydrogens (tertiary/aromatic N) is 3. The average Bonchev–Trinajstić information content (AvgIpc) is 2.77. The number of amides is 1. The summed E-state index contributed by atoms with van der Waals surface area (Å²) in [5, 5.41) is 6.91. The average molecular weight is 252 g/mol. The minimum Gasteiger partial charge on any atom is -0.397 e. The highest BCUT2D eigenvalue weighted by atomic mass is 35.5. The molecule has 0 spiro atoms. The van der Waals surface area contributed by atoms with E-state index in [4.69, 9.17) is 17.3 Å². The lowest BCUT2D eigenvalue weighted by Gasteiger charge is -2.03. The number of nitrogens with two attached hydrogens (primary N) is 1. The highest BCUT2D eigenvalue weighted by Gasteiger charge is 2.10. The summed E-state index contributed by atoms with van der Waals surface area (Å²) in [7, 11) is 1.54. The smallest absolute Gasteiger partial charge is 0.271 e. The van der Waals surface area contributed by atoms with Gasteiger partial charge >= 0.3 is 0 Å². The summed E-state index contributed by atoms with van der Waals surface area (Å²) in [5.74, 6) is 0.159. The fraction of sp³-hybridized carbons (Fsp3) is 0.100. The number of nitrogen functional groups attached to an aromatic ring is 1. The Morgan fingerprint density at radius 1 is 1.59 bits per heavy atom. The fourth-order valence-corrected chi connectivity index (χ4v) is 1.57. The van der Waals surface area contributed by atoms with Crippen LogP contribution < -0.4 is 11.1 Å². The molecule has 6 nitrogen and oxygen atoms in total. The summed E-state index contributed by atoms with van der Waals surface area (Å²) < 4.78 is 1.42. The van der Waals surface area contributed by atoms with Gasteiger partial charge < -0.3 is 11.1 Å². The number of carbonyl (C=O) groups excluding carboxylic acids is 1. The Labute approximate surface area is 102 Å². The number of anilines is 1. The topological polar surface area (TPSA) is 85.8 Å². The van der Waals surface area contributed by atoms with Crippen molar-refractivity contribution >= 4 is 23.2 Å². The van der Waals surface area contributed by atoms with Gasteiger partial charge in [-0.3, -0.25) is 4.79 Å². The lowest BCUT2D eigenvalue weighted by atomic mass is 10.4. The van der Waals surface area contributed by atoms with Gasteiger partial charge in [-0.15, -0.1) is 0 Å². The van der Waals surface area contributed by atoms with Crippen molar-refractivity contribution in [3.05, 3.63) is 35.2 Å². The van der Waals surface area contributed by atoms with E-state index in [1.54, 1.807) is 18.3 Å². The van der Waals surface area contributed by atoms with E-state index in [2.05, 4.69) is 15.4 Å². The molecule has 0 aromatic carbocycles. The highest BCUT2D eigenvalue weighted by Crippen LogP contribution is 2.19. The molecule has 7 heteroatoms. The molecule has 2 aromatic rings. The van der Waals surface area contributed by atoms with E-state index in [9.17, 15) is 4.79 Å². The first kappa shape index (κ1) is 11.4. The summed E-state index contributed by atoms with van der Waals surface area (Å²) in [4.78, 5) is 15.4. The van der Waals surface area contributed by atoms with E-state index in [0.717, 1.165) is 0 Å². The van der Waals surface area contributed by atoms with Gasteiger partial charge in [0.05, 0.1) is 16.9 Å². The number of hydrogen-bond donors (Lipinski definition) is 2. The predicted molar refractivity (Wildman–Crippen MR) is 64.2 cm³/mol. The molecule has 2 aromatic heterocycles. The van der Waals surface area contributed by atoms with Crippen LogP contribution in [0, 0.1) is 0 Å². The molecular formula is C10H10ClN5O. The molecule has 0 aliphatic carbocycles. The SMILES string of the molecule is CNC(=O)c1ccn(-c2ncc(N)cc2Cl)n1. The Balaban J connectivity index is 2.40. The van der Waals surface area contributed by atoms with Crippen molar-refractivity contribution in [2.75, 3.05) is 12.8 Å². The first-order chi connectivity index (χ1) is 8.11. The minimum absolute atomic E-state index is 0.268. The quantitative estimate of drug-likeness (QED) is 0.829. The first-order valence-corrected chi connectivity index (χ1v) is 5.18. The molecule has 1 amide bonds. The van der Waals surface area contributed by atoms with Gasteiger partial charge in [0.15, 0.2) is 11.5 Å². The Hall–Kier alpha value is -2.08. The normalized spacial score (nSPS) is 10.2. The largest absolute Gasteiger partial charge is 0.397 e. The third-order valence-corrected chi connectivity index (χ3v) is 2.39. The first-order valence-electron chi connectivity index (χ1n) is 4.81. The maximum atomic E-state index is 11.3. The summed E-state index contributed by atoms with van der Waals surface area (Å²) >= 11 is 5.98. The van der Waals surface area contributed by atoms with Crippen molar-refractivity contribution in [2.24, 2.45) is 0 Å². The number of aromatic nitrogens is 3. The maximum absolute atomic E-state index is 11.3. The van der Waals surface area contributed by atoms with E-state index < -0.39 is 0 Å². The summed E-state index contributed by atoms with van der Waals surface area (Å²) in [6.45, 7) is 0. The zero-order chi connectivity index (χ0) is 12.4. The van der Waals surface area contributed by atoms with E-state index in [1.807, 2.05) is 0 Å². The van der Waals surface area contributed by atoms with Crippen LogP contribution in [0.4, 0.5) is 5.69 Å². The molecule has 3 N–H and O–H groups in total. The van der Waals surface area contributed by atoms with Crippen LogP contribution >= 0.6 is 11.6 Å². The van der Waals surface area contributed by atoms with Crippen LogP contribution in [-0.4, -0.2) is 27.7 Å². The molecule has 17 heavy (non-hydrogen) atoms. The molecular weight excluding hydrogens is 242 g/mol. The lowest BCUT2D eigenvalue weighted by Crippen LogP contribution is -2.18. The fourth-order valence-electron chi connectivity index (χ4n) is 1.31. The van der Waals surface area contributed by atoms with Gasteiger partial charge in [-0.1, -0.05) is 11.6 Å². The zero-order valence-electron chi connectivity index (χ0n) is 9.01. The van der Waals surface area contributed by atoms with Crippen molar-refractivity contribution in [2.45, 2.75) is 0 Å². The number of nitrogens with one attached hydrogen (secondary N) is 1. The van der Waals surface area contributed by atoms with E-state index in [-0.39, 0.29) is 5.91 Å². The van der Waals surface area contributed by atoms with Gasteiger partial charge in [-0.2, -0.15) is 5.10 Å². The van der Waals surface area contributed by atoms with Gasteiger partial charge in [-0.05, 0) is 12.1 Å². The van der Waals surface area contributed by atoms with Gasteiger partial charge in [-0.25, -0.2) is 9.67 Å². The Morgan fingerprint density at radius 2 is 2.35 bits per heavy atom. The molecule has 0 aliphatic heterocycles. The minimum atomic E-state index is -0.268. The van der Waals surface area contributed by atoms with Crippen LogP contribution in [0.3, 0.4) is 0 Å². The van der Waals surface area contributed by atoms with Crippen LogP contribution in [-0.2, 0) is 0 Å². The Bertz CT molecular complexity index is 566. The molecule has 0 bridgehead atoms. The van der Waals surface area contributed by atoms with Crippen molar-refractivity contribution in [3.63, 3.8) is 0 Å². The van der Waals surface area contributed by atoms with Crippen molar-refractivity contribution in [1.29, 1.82) is 0 Å². The van der Waals surface area contributed by atoms with Crippen molar-refractivity contribution in [3.8, 4) is 5.82 Å². The highest BCUT2D eigenvalue weighted by molar-refractivity contribution is 6.32. The molecule has 0 aliphatic rings. The molecule has 0 atom stereocenters. The predicted octanol–water partition coefficient (Wildman–Crippen LogP) is 0.863. The molecule has 0 unspecified atom stereocenters. The van der Waals surface area contributed by atoms with Gasteiger partial charge in [0.2, 0.25) is 0 Å². The van der Waals surface area contributed by atoms with Gasteiger partial charge in [0.1, 0.15) is 0 Å². The van der Waals surface area contributed by atoms with Crippen LogP contribution in [0.15, 0.2) is 24.5 Å². The van der Waals surface area contributed by atoms with E-state index >= 15 is 0 Å². The standard InChI is InChI=1S/C10H10ClN5O/c1-13-10(17)8-2-3-16(15-8)9-7(11)4-6(12)5-14-9/h2-5H,12H2,1H3,(H,13,17). The number of halogens is 1. The molecule has 88 valence electrons. The maximum Gasteiger partial charge on any atom is 0.271 e. The monoisotopic (exact) mass is 251 g/mol. The summed E-state index contributed by atoms with van der Waals surface area (Å²) in [6.07, 6.45) is 3.08. The van der Waals surface area contributed by atoms with E-state index in [1.165, 1.54) is 17.9 Å². The molecule has 2 rings (SSSR count). The van der Waals surface area contributed by atoms with Crippen LogP contribution in [0.2, 0.25) is 5.02 Å². The molecule has 0 saturated heterocycles. The third-order valence-electron chi connectivity index (χ3n) is 2.11. The number of pyridine rings is 1. The van der Waals surface area contributed by atoms with Crippen molar-refractivity contribution in [1.82, 2.24) is 20.1 Å². The second-order valence-corrected chi connectivity index (χ2v) is 3.71. The second kappa shape index (κ2) is 4.42. The van der Waals surface area contributed by atoms with Crippen LogP contribution in [0.1, 0.15) is 10.5 Å². The number of carbonyl (C=O) groups is 1. The van der Waals surface area contributed by atoms with E-state index in [0.29, 0.717) is 22.2 Å². The Kier molecular flexibility index (Phi) is 2.97. The molecule has 0 saturated carbocycles. The van der Waals surface area contributed by atoms with Crippen LogP contribution in [0.5, 0.6) is 0 Å². The summed E-state index contributed by atoms with van der Waals surface area (Å²) in [5.41, 5.74) is 6.30. The summed E-state index contributed by atoms with van der Waals surface area (Å²) in [6, 6.07) is 3.15. The second-order valence-electron chi connectivity index (χ2n) is 3.30. The number of rotatable bonds is 2. The van der Waals surface area contributed by atoms with Crippen LogP contribution in [0.25, 0.3) is 5.82 Å². The number of hydrogen-bond acceptors (Lipinski definition) is 4. The van der Waals surface area contributed by atoms with Gasteiger partial charge in [0.25, 0.3) is 5.91 Å². The molecule has 0 fully saturated rings. The Morgan fingerprint density at radius 3 is 3.00 bits per heavy atom. The third kappa shape index (κ3) is 2.21.